The molecule has 1 unspecified atom stereocenters. The predicted octanol–water partition coefficient (Wildman–Crippen LogP) is 1.04. The van der Waals surface area contributed by atoms with E-state index in [0.29, 0.717) is 0 Å². The summed E-state index contributed by atoms with van der Waals surface area (Å²) in [4.78, 5) is 17.3. The highest BCUT2D eigenvalue weighted by atomic mass is 14.9. The van der Waals surface area contributed by atoms with Crippen molar-refractivity contribution in [3.63, 3.8) is 0 Å². The molecule has 0 saturated heterocycles. The molecule has 1 aromatic heterocycles. The lowest BCUT2D eigenvalue weighted by Gasteiger charge is -2.02. The Hall–Kier alpha value is -3.47. The second-order valence-electron chi connectivity index (χ2n) is 6.20. The summed E-state index contributed by atoms with van der Waals surface area (Å²) in [5, 5.41) is 1.98. The van der Waals surface area contributed by atoms with Crippen LogP contribution in [0, 0.1) is 0 Å². The topological polar surface area (TPSA) is 78.9 Å². The average molecular weight is 325 g/mol. The number of allylic oxidation sites excluding steroid dienone is 6. The van der Waals surface area contributed by atoms with E-state index < -0.39 is 0 Å². The molecule has 0 aromatic carbocycles. The first kappa shape index (κ1) is 13.9. The molecule has 1 aromatic rings. The van der Waals surface area contributed by atoms with Crippen molar-refractivity contribution in [3.05, 3.63) is 82.5 Å². The van der Waals surface area contributed by atoms with Crippen LogP contribution in [-0.2, 0) is 0 Å². The highest BCUT2D eigenvalue weighted by molar-refractivity contribution is 6.20. The molecule has 0 fully saturated rings. The van der Waals surface area contributed by atoms with Crippen LogP contribution in [0.2, 0.25) is 0 Å². The van der Waals surface area contributed by atoms with Crippen LogP contribution >= 0.6 is 0 Å². The first-order valence-electron chi connectivity index (χ1n) is 8.12. The summed E-state index contributed by atoms with van der Waals surface area (Å²) >= 11 is 0. The van der Waals surface area contributed by atoms with Gasteiger partial charge in [-0.1, -0.05) is 0 Å². The Morgan fingerprint density at radius 1 is 0.760 bits per heavy atom. The highest BCUT2D eigenvalue weighted by Crippen LogP contribution is 2.19. The van der Waals surface area contributed by atoms with Crippen molar-refractivity contribution in [1.82, 2.24) is 4.98 Å². The number of aromatic nitrogens is 1. The molecular weight excluding hydrogens is 310 g/mol. The van der Waals surface area contributed by atoms with Gasteiger partial charge in [0.25, 0.3) is 0 Å². The molecule has 5 nitrogen and oxygen atoms in total. The first-order chi connectivity index (χ1) is 12.2. The van der Waals surface area contributed by atoms with Crippen molar-refractivity contribution >= 4 is 29.3 Å². The number of H-pyrrole nitrogens is 1. The largest absolute Gasteiger partial charge is 0.400 e. The van der Waals surface area contributed by atoms with Gasteiger partial charge in [-0.3, -0.25) is 4.99 Å². The Kier molecular flexibility index (Phi) is 2.94. The van der Waals surface area contributed by atoms with Gasteiger partial charge in [0.05, 0.1) is 28.5 Å². The third-order valence-corrected chi connectivity index (χ3v) is 4.27. The number of hydrogen-bond donors (Lipinski definition) is 2. The summed E-state index contributed by atoms with van der Waals surface area (Å²) in [6.07, 6.45) is 17.8. The minimum absolute atomic E-state index is 0.174. The third-order valence-electron chi connectivity index (χ3n) is 4.27. The maximum absolute atomic E-state index is 6.14. The van der Waals surface area contributed by atoms with E-state index in [4.69, 9.17) is 5.73 Å². The fraction of sp³-hybridized carbons (Fsp3) is 0.0500. The van der Waals surface area contributed by atoms with E-state index in [9.17, 15) is 0 Å². The Bertz CT molecular complexity index is 1140. The summed E-state index contributed by atoms with van der Waals surface area (Å²) < 4.78 is 0. The lowest BCUT2D eigenvalue weighted by atomic mass is 10.2. The molecule has 120 valence electrons. The van der Waals surface area contributed by atoms with Crippen molar-refractivity contribution < 1.29 is 0 Å². The molecule has 4 aliphatic rings. The van der Waals surface area contributed by atoms with Gasteiger partial charge in [0.1, 0.15) is 6.04 Å². The zero-order chi connectivity index (χ0) is 16.8. The molecule has 4 aliphatic heterocycles. The summed E-state index contributed by atoms with van der Waals surface area (Å²) in [6.45, 7) is 0. The van der Waals surface area contributed by atoms with Gasteiger partial charge in [0.2, 0.25) is 0 Å². The molecule has 0 saturated carbocycles. The lowest BCUT2D eigenvalue weighted by molar-refractivity contribution is 0.950. The monoisotopic (exact) mass is 325 g/mol. The SMILES string of the molecule is NC1=CC2=NC1C=C1C=CC(=N1)C=C1C=CC(=N1)C=c1ccc([nH]1)=C2. The number of nitrogens with zero attached hydrogens (tertiary/aromatic N) is 3. The molecule has 8 bridgehead atoms. The van der Waals surface area contributed by atoms with Crippen molar-refractivity contribution in [2.24, 2.45) is 20.7 Å². The molecule has 5 heteroatoms. The van der Waals surface area contributed by atoms with Crippen LogP contribution < -0.4 is 16.4 Å². The van der Waals surface area contributed by atoms with Gasteiger partial charge < -0.3 is 10.7 Å². The number of nitrogens with one attached hydrogen (secondary N) is 1. The number of rotatable bonds is 0. The van der Waals surface area contributed by atoms with Crippen molar-refractivity contribution in [3.8, 4) is 0 Å². The third kappa shape index (κ3) is 2.65. The quantitative estimate of drug-likeness (QED) is 0.734. The van der Waals surface area contributed by atoms with Gasteiger partial charge in [-0.2, -0.15) is 0 Å². The number of fused-ring (bicyclic) bond motifs is 5. The predicted molar refractivity (Wildman–Crippen MR) is 102 cm³/mol. The minimum atomic E-state index is -0.174. The molecule has 25 heavy (non-hydrogen) atoms. The Morgan fingerprint density at radius 3 is 2.28 bits per heavy atom. The van der Waals surface area contributed by atoms with Crippen LogP contribution in [0.1, 0.15) is 0 Å². The molecule has 0 radical (unpaired) electrons. The first-order valence-corrected chi connectivity index (χ1v) is 8.12. The van der Waals surface area contributed by atoms with E-state index in [2.05, 4.69) is 20.0 Å². The summed E-state index contributed by atoms with van der Waals surface area (Å²) in [5.41, 5.74) is 11.3. The van der Waals surface area contributed by atoms with E-state index in [1.165, 1.54) is 0 Å². The van der Waals surface area contributed by atoms with Crippen LogP contribution in [0.25, 0.3) is 12.2 Å². The second kappa shape index (κ2) is 5.27. The Balaban J connectivity index is 1.70. The smallest absolute Gasteiger partial charge is 0.110 e. The van der Waals surface area contributed by atoms with E-state index in [1.54, 1.807) is 0 Å². The fourth-order valence-electron chi connectivity index (χ4n) is 3.09. The summed E-state index contributed by atoms with van der Waals surface area (Å²) in [7, 11) is 0. The molecule has 5 rings (SSSR count). The normalized spacial score (nSPS) is 23.1. The second-order valence-corrected chi connectivity index (χ2v) is 6.20. The van der Waals surface area contributed by atoms with Gasteiger partial charge >= 0.3 is 0 Å². The molecular formula is C20H15N5. The standard InChI is InChI=1S/C20H15N5/c21-19-10-18-9-16-4-3-14(23-16)7-12-1-2-13(22-12)8-15-5-6-17(24-15)11-20(19)25-18/h1-11,20,23H,21H2. The number of aromatic amines is 1. The highest BCUT2D eigenvalue weighted by Gasteiger charge is 2.16. The minimum Gasteiger partial charge on any atom is -0.400 e. The zero-order valence-electron chi connectivity index (χ0n) is 13.3. The summed E-state index contributed by atoms with van der Waals surface area (Å²) in [5.74, 6) is 0. The van der Waals surface area contributed by atoms with Gasteiger partial charge in [0, 0.05) is 16.4 Å². The van der Waals surface area contributed by atoms with Crippen LogP contribution in [0.3, 0.4) is 0 Å². The number of nitrogens with two attached hydrogens (primary N) is 1. The van der Waals surface area contributed by atoms with E-state index in [-0.39, 0.29) is 6.04 Å². The van der Waals surface area contributed by atoms with Gasteiger partial charge in [-0.15, -0.1) is 0 Å². The Labute approximate surface area is 144 Å². The molecule has 1 atom stereocenters. The van der Waals surface area contributed by atoms with E-state index in [1.807, 2.05) is 66.8 Å². The van der Waals surface area contributed by atoms with E-state index in [0.717, 1.165) is 44.9 Å². The molecule has 5 heterocycles. The average Bonchev–Trinajstić information content (AvgIpc) is 3.33. The maximum Gasteiger partial charge on any atom is 0.110 e. The van der Waals surface area contributed by atoms with Crippen LogP contribution in [0.4, 0.5) is 0 Å². The Morgan fingerprint density at radius 2 is 1.44 bits per heavy atom. The van der Waals surface area contributed by atoms with Crippen molar-refractivity contribution in [1.29, 1.82) is 0 Å². The number of aliphatic imine (C=N–C) groups is 3. The molecule has 0 spiro atoms. The fourth-order valence-corrected chi connectivity index (χ4v) is 3.09. The van der Waals surface area contributed by atoms with Crippen LogP contribution in [-0.4, -0.2) is 28.2 Å². The van der Waals surface area contributed by atoms with Crippen molar-refractivity contribution in [2.75, 3.05) is 0 Å². The maximum atomic E-state index is 6.14. The van der Waals surface area contributed by atoms with Gasteiger partial charge in [0.15, 0.2) is 0 Å². The lowest BCUT2D eigenvalue weighted by Crippen LogP contribution is -2.12. The molecule has 0 amide bonds. The van der Waals surface area contributed by atoms with Crippen LogP contribution in [0.5, 0.6) is 0 Å². The van der Waals surface area contributed by atoms with Gasteiger partial charge in [-0.25, -0.2) is 9.98 Å². The molecule has 0 aliphatic carbocycles. The van der Waals surface area contributed by atoms with E-state index >= 15 is 0 Å². The summed E-state index contributed by atoms with van der Waals surface area (Å²) in [6, 6.07) is 3.87. The van der Waals surface area contributed by atoms with Gasteiger partial charge in [-0.05, 0) is 66.8 Å². The number of hydrogen-bond acceptors (Lipinski definition) is 4. The zero-order valence-corrected chi connectivity index (χ0v) is 13.3. The molecule has 3 N–H and O–H groups in total. The van der Waals surface area contributed by atoms with Crippen LogP contribution in [0.15, 0.2) is 86.7 Å². The van der Waals surface area contributed by atoms with Crippen molar-refractivity contribution in [2.45, 2.75) is 6.04 Å².